The first-order valence-electron chi connectivity index (χ1n) is 7.18. The minimum absolute atomic E-state index is 0.198. The molecule has 6 heteroatoms. The summed E-state index contributed by atoms with van der Waals surface area (Å²) < 4.78 is 5.12. The number of fused-ring (bicyclic) bond motifs is 1. The maximum absolute atomic E-state index is 12.3. The van der Waals surface area contributed by atoms with E-state index >= 15 is 0 Å². The van der Waals surface area contributed by atoms with Gasteiger partial charge >= 0.3 is 5.97 Å². The quantitative estimate of drug-likeness (QED) is 0.753. The molecule has 0 aliphatic heterocycles. The third-order valence-corrected chi connectivity index (χ3v) is 3.80. The summed E-state index contributed by atoms with van der Waals surface area (Å²) in [6.45, 7) is 1.53. The summed E-state index contributed by atoms with van der Waals surface area (Å²) >= 11 is 0. The van der Waals surface area contributed by atoms with Gasteiger partial charge in [-0.25, -0.2) is 4.79 Å². The Balaban J connectivity index is 2.24. The van der Waals surface area contributed by atoms with E-state index in [1.807, 2.05) is 0 Å². The Hall–Kier alpha value is -2.44. The van der Waals surface area contributed by atoms with Crippen molar-refractivity contribution in [3.8, 4) is 0 Å². The zero-order valence-electron chi connectivity index (χ0n) is 12.9. The molecule has 0 aromatic heterocycles. The highest BCUT2D eigenvalue weighted by Crippen LogP contribution is 2.18. The zero-order valence-corrected chi connectivity index (χ0v) is 12.9. The topological polar surface area (TPSA) is 95.9 Å². The van der Waals surface area contributed by atoms with Gasteiger partial charge in [0.2, 0.25) is 0 Å². The lowest BCUT2D eigenvalue weighted by Crippen LogP contribution is -2.45. The van der Waals surface area contributed by atoms with Gasteiger partial charge in [0.1, 0.15) is 0 Å². The van der Waals surface area contributed by atoms with Gasteiger partial charge < -0.3 is 20.3 Å². The normalized spacial score (nSPS) is 13.5. The Labute approximate surface area is 133 Å². The van der Waals surface area contributed by atoms with Crippen LogP contribution in [-0.2, 0) is 4.74 Å². The van der Waals surface area contributed by atoms with Crippen LogP contribution < -0.4 is 5.32 Å². The number of benzene rings is 2. The highest BCUT2D eigenvalue weighted by atomic mass is 16.5. The van der Waals surface area contributed by atoms with Crippen LogP contribution in [0.25, 0.3) is 10.8 Å². The standard InChI is InChI=1S/C17H19NO5/c1-10(23-2)15(9-19)18-16(20)13-5-3-12-8-14(17(21)22)6-4-11(12)7-13/h3-8,10,15,19H,9H2,1-2H3,(H,18,20)(H,21,22)/t10-,15-/m1/s1. The van der Waals surface area contributed by atoms with Crippen molar-refractivity contribution in [1.82, 2.24) is 5.32 Å². The molecular weight excluding hydrogens is 298 g/mol. The Bertz CT molecular complexity index is 728. The molecular formula is C17H19NO5. The monoisotopic (exact) mass is 317 g/mol. The van der Waals surface area contributed by atoms with Crippen molar-refractivity contribution < 1.29 is 24.5 Å². The Kier molecular flexibility index (Phi) is 5.31. The number of aliphatic hydroxyl groups is 1. The number of carbonyl (C=O) groups is 2. The average Bonchev–Trinajstić information content (AvgIpc) is 2.57. The molecule has 0 saturated heterocycles. The van der Waals surface area contributed by atoms with Crippen LogP contribution in [-0.4, -0.2) is 48.0 Å². The lowest BCUT2D eigenvalue weighted by Gasteiger charge is -2.22. The van der Waals surface area contributed by atoms with Crippen LogP contribution in [0.15, 0.2) is 36.4 Å². The van der Waals surface area contributed by atoms with Crippen molar-refractivity contribution in [3.63, 3.8) is 0 Å². The summed E-state index contributed by atoms with van der Waals surface area (Å²) in [6.07, 6.45) is -0.317. The molecule has 2 aromatic rings. The lowest BCUT2D eigenvalue weighted by molar-refractivity contribution is 0.0524. The predicted octanol–water partition coefficient (Wildman–Crippen LogP) is 1.66. The van der Waals surface area contributed by atoms with Gasteiger partial charge in [-0.3, -0.25) is 4.79 Å². The summed E-state index contributed by atoms with van der Waals surface area (Å²) in [5.74, 6) is -1.31. The van der Waals surface area contributed by atoms with Gasteiger partial charge in [-0.15, -0.1) is 0 Å². The number of carboxylic acids is 1. The Morgan fingerprint density at radius 3 is 2.22 bits per heavy atom. The second-order valence-corrected chi connectivity index (χ2v) is 5.29. The molecule has 0 radical (unpaired) electrons. The van der Waals surface area contributed by atoms with Crippen LogP contribution in [0.3, 0.4) is 0 Å². The molecule has 2 atom stereocenters. The van der Waals surface area contributed by atoms with Crippen LogP contribution in [0.2, 0.25) is 0 Å². The number of nitrogens with one attached hydrogen (secondary N) is 1. The van der Waals surface area contributed by atoms with E-state index in [1.54, 1.807) is 37.3 Å². The number of carbonyl (C=O) groups excluding carboxylic acids is 1. The number of rotatable bonds is 6. The van der Waals surface area contributed by atoms with Crippen LogP contribution in [0, 0.1) is 0 Å². The van der Waals surface area contributed by atoms with E-state index in [4.69, 9.17) is 9.84 Å². The fraction of sp³-hybridized carbons (Fsp3) is 0.294. The molecule has 0 heterocycles. The molecule has 0 aliphatic carbocycles. The van der Waals surface area contributed by atoms with Gasteiger partial charge in [0.25, 0.3) is 5.91 Å². The molecule has 1 amide bonds. The van der Waals surface area contributed by atoms with Crippen LogP contribution >= 0.6 is 0 Å². The van der Waals surface area contributed by atoms with E-state index in [2.05, 4.69) is 5.32 Å². The summed E-state index contributed by atoms with van der Waals surface area (Å²) in [5, 5.41) is 22.5. The van der Waals surface area contributed by atoms with Crippen molar-refractivity contribution in [2.45, 2.75) is 19.1 Å². The zero-order chi connectivity index (χ0) is 17.0. The summed E-state index contributed by atoms with van der Waals surface area (Å²) in [6, 6.07) is 9.22. The highest BCUT2D eigenvalue weighted by molar-refractivity contribution is 6.00. The highest BCUT2D eigenvalue weighted by Gasteiger charge is 2.19. The number of ether oxygens (including phenoxy) is 1. The van der Waals surface area contributed by atoms with Gasteiger partial charge in [-0.05, 0) is 42.0 Å². The molecule has 0 unspecified atom stereocenters. The molecule has 2 rings (SSSR count). The van der Waals surface area contributed by atoms with Gasteiger partial charge in [0.15, 0.2) is 0 Å². The molecule has 23 heavy (non-hydrogen) atoms. The summed E-state index contributed by atoms with van der Waals surface area (Å²) in [5.41, 5.74) is 0.631. The maximum atomic E-state index is 12.3. The number of hydrogen-bond donors (Lipinski definition) is 3. The van der Waals surface area contributed by atoms with Crippen molar-refractivity contribution in [3.05, 3.63) is 47.5 Å². The fourth-order valence-electron chi connectivity index (χ4n) is 2.25. The third kappa shape index (κ3) is 3.85. The van der Waals surface area contributed by atoms with Crippen molar-refractivity contribution in [2.75, 3.05) is 13.7 Å². The minimum Gasteiger partial charge on any atom is -0.478 e. The van der Waals surface area contributed by atoms with Crippen LogP contribution in [0.1, 0.15) is 27.6 Å². The fourth-order valence-corrected chi connectivity index (χ4v) is 2.25. The van der Waals surface area contributed by atoms with Crippen LogP contribution in [0.5, 0.6) is 0 Å². The SMILES string of the molecule is CO[C@H](C)[C@@H](CO)NC(=O)c1ccc2cc(C(=O)O)ccc2c1. The average molecular weight is 317 g/mol. The molecule has 122 valence electrons. The molecule has 0 bridgehead atoms. The van der Waals surface area contributed by atoms with Gasteiger partial charge in [0.05, 0.1) is 24.3 Å². The lowest BCUT2D eigenvalue weighted by atomic mass is 10.0. The number of amides is 1. The number of methoxy groups -OCH3 is 1. The van der Waals surface area contributed by atoms with Crippen LogP contribution in [0.4, 0.5) is 0 Å². The van der Waals surface area contributed by atoms with E-state index in [0.717, 1.165) is 10.8 Å². The third-order valence-electron chi connectivity index (χ3n) is 3.80. The number of carboxylic acid groups (broad SMARTS) is 1. The smallest absolute Gasteiger partial charge is 0.335 e. The number of aliphatic hydroxyl groups excluding tert-OH is 1. The first-order chi connectivity index (χ1) is 11.0. The van der Waals surface area contributed by atoms with E-state index in [9.17, 15) is 14.7 Å². The minimum atomic E-state index is -0.993. The number of hydrogen-bond acceptors (Lipinski definition) is 4. The second kappa shape index (κ2) is 7.21. The molecule has 0 saturated carbocycles. The molecule has 0 aliphatic rings. The van der Waals surface area contributed by atoms with Crippen molar-refractivity contribution in [2.24, 2.45) is 0 Å². The summed E-state index contributed by atoms with van der Waals surface area (Å²) in [4.78, 5) is 23.2. The second-order valence-electron chi connectivity index (χ2n) is 5.29. The predicted molar refractivity (Wildman–Crippen MR) is 85.7 cm³/mol. The van der Waals surface area contributed by atoms with Crippen molar-refractivity contribution >= 4 is 22.6 Å². The van der Waals surface area contributed by atoms with E-state index in [1.165, 1.54) is 13.2 Å². The number of aromatic carboxylic acids is 1. The Morgan fingerprint density at radius 2 is 1.70 bits per heavy atom. The largest absolute Gasteiger partial charge is 0.478 e. The van der Waals surface area contributed by atoms with Gasteiger partial charge in [-0.1, -0.05) is 12.1 Å². The molecule has 0 fully saturated rings. The van der Waals surface area contributed by atoms with E-state index < -0.39 is 12.0 Å². The molecule has 2 aromatic carbocycles. The molecule has 3 N–H and O–H groups in total. The Morgan fingerprint density at radius 1 is 1.13 bits per heavy atom. The first kappa shape index (κ1) is 16.9. The van der Waals surface area contributed by atoms with Gasteiger partial charge in [0, 0.05) is 12.7 Å². The molecule has 0 spiro atoms. The molecule has 6 nitrogen and oxygen atoms in total. The summed E-state index contributed by atoms with van der Waals surface area (Å²) in [7, 11) is 1.51. The van der Waals surface area contributed by atoms with E-state index in [-0.39, 0.29) is 24.2 Å². The van der Waals surface area contributed by atoms with Gasteiger partial charge in [-0.2, -0.15) is 0 Å². The van der Waals surface area contributed by atoms with E-state index in [0.29, 0.717) is 5.56 Å². The maximum Gasteiger partial charge on any atom is 0.335 e. The first-order valence-corrected chi connectivity index (χ1v) is 7.18. The van der Waals surface area contributed by atoms with Crippen molar-refractivity contribution in [1.29, 1.82) is 0 Å².